The van der Waals surface area contributed by atoms with Crippen LogP contribution < -0.4 is 5.69 Å². The molecule has 1 aliphatic heterocycles. The van der Waals surface area contributed by atoms with Crippen molar-refractivity contribution >= 4 is 5.91 Å². The number of hydrogen-bond acceptors (Lipinski definition) is 4. The van der Waals surface area contributed by atoms with Crippen LogP contribution in [-0.4, -0.2) is 52.0 Å². The van der Waals surface area contributed by atoms with Crippen LogP contribution in [0.2, 0.25) is 0 Å². The van der Waals surface area contributed by atoms with Gasteiger partial charge < -0.3 is 9.64 Å². The fourth-order valence-corrected chi connectivity index (χ4v) is 3.81. The predicted molar refractivity (Wildman–Crippen MR) is 103 cm³/mol. The number of amides is 1. The third kappa shape index (κ3) is 4.43. The van der Waals surface area contributed by atoms with Crippen LogP contribution in [0.3, 0.4) is 0 Å². The van der Waals surface area contributed by atoms with Gasteiger partial charge in [-0.3, -0.25) is 9.36 Å². The molecule has 1 aromatic heterocycles. The molecule has 0 spiro atoms. The van der Waals surface area contributed by atoms with Crippen LogP contribution in [0.25, 0.3) is 0 Å². The quantitative estimate of drug-likeness (QED) is 0.712. The number of carbonyl (C=O) groups excluding carboxylic acids is 1. The number of likely N-dealkylation sites (tertiary alicyclic amines) is 1. The van der Waals surface area contributed by atoms with Gasteiger partial charge in [-0.25, -0.2) is 9.48 Å². The van der Waals surface area contributed by atoms with E-state index >= 15 is 0 Å². The summed E-state index contributed by atoms with van der Waals surface area (Å²) < 4.78 is 47.7. The Bertz CT molecular complexity index is 944. The normalized spacial score (nSPS) is 15.6. The van der Waals surface area contributed by atoms with Crippen LogP contribution in [0.4, 0.5) is 13.2 Å². The number of halogens is 3. The maximum atomic E-state index is 13.2. The van der Waals surface area contributed by atoms with Crippen molar-refractivity contribution in [2.75, 3.05) is 26.8 Å². The van der Waals surface area contributed by atoms with Crippen molar-refractivity contribution in [2.24, 2.45) is 0 Å². The van der Waals surface area contributed by atoms with Gasteiger partial charge >= 0.3 is 11.9 Å². The fourth-order valence-electron chi connectivity index (χ4n) is 3.81. The minimum absolute atomic E-state index is 0.0386. The maximum absolute atomic E-state index is 13.2. The summed E-state index contributed by atoms with van der Waals surface area (Å²) in [5.74, 6) is -0.00960. The van der Waals surface area contributed by atoms with Crippen LogP contribution in [-0.2, 0) is 24.0 Å². The highest BCUT2D eigenvalue weighted by Crippen LogP contribution is 2.33. The molecule has 30 heavy (non-hydrogen) atoms. The van der Waals surface area contributed by atoms with Gasteiger partial charge in [0.2, 0.25) is 0 Å². The van der Waals surface area contributed by atoms with Crippen molar-refractivity contribution in [3.63, 3.8) is 0 Å². The van der Waals surface area contributed by atoms with E-state index < -0.39 is 17.6 Å². The second kappa shape index (κ2) is 9.03. The molecule has 7 nitrogen and oxygen atoms in total. The van der Waals surface area contributed by atoms with Gasteiger partial charge in [0, 0.05) is 32.7 Å². The first-order chi connectivity index (χ1) is 14.3. The molecule has 0 unspecified atom stereocenters. The van der Waals surface area contributed by atoms with E-state index in [9.17, 15) is 22.8 Å². The Balaban J connectivity index is 1.75. The van der Waals surface area contributed by atoms with Gasteiger partial charge in [0.25, 0.3) is 5.91 Å². The van der Waals surface area contributed by atoms with Crippen molar-refractivity contribution in [3.05, 3.63) is 51.7 Å². The van der Waals surface area contributed by atoms with Gasteiger partial charge in [-0.15, -0.1) is 0 Å². The number of aromatic nitrogens is 3. The number of nitrogens with zero attached hydrogens (tertiary/aromatic N) is 4. The van der Waals surface area contributed by atoms with E-state index in [1.807, 2.05) is 6.92 Å². The minimum atomic E-state index is -4.59. The lowest BCUT2D eigenvalue weighted by Crippen LogP contribution is -2.39. The zero-order chi connectivity index (χ0) is 21.9. The lowest BCUT2D eigenvalue weighted by molar-refractivity contribution is -0.138. The highest BCUT2D eigenvalue weighted by Gasteiger charge is 2.37. The summed E-state index contributed by atoms with van der Waals surface area (Å²) in [7, 11) is 1.55. The van der Waals surface area contributed by atoms with Crippen molar-refractivity contribution in [1.82, 2.24) is 19.2 Å². The molecule has 3 rings (SSSR count). The SMILES string of the molecule is CCn1c(C2CCN(C(=O)c3ccccc3C(F)(F)F)CC2)nn(CCOC)c1=O. The van der Waals surface area contributed by atoms with E-state index in [-0.39, 0.29) is 17.2 Å². The molecule has 1 amide bonds. The molecule has 1 aliphatic rings. The van der Waals surface area contributed by atoms with E-state index in [0.717, 1.165) is 6.07 Å². The van der Waals surface area contributed by atoms with Gasteiger partial charge in [0.05, 0.1) is 24.3 Å². The van der Waals surface area contributed by atoms with Crippen molar-refractivity contribution in [3.8, 4) is 0 Å². The highest BCUT2D eigenvalue weighted by molar-refractivity contribution is 5.96. The van der Waals surface area contributed by atoms with Crippen LogP contribution in [0.1, 0.15) is 47.4 Å². The van der Waals surface area contributed by atoms with E-state index in [4.69, 9.17) is 4.74 Å². The molecule has 1 fully saturated rings. The van der Waals surface area contributed by atoms with E-state index in [2.05, 4.69) is 5.10 Å². The zero-order valence-corrected chi connectivity index (χ0v) is 17.0. The molecule has 0 saturated carbocycles. The Kier molecular flexibility index (Phi) is 6.64. The second-order valence-corrected chi connectivity index (χ2v) is 7.21. The van der Waals surface area contributed by atoms with Crippen LogP contribution in [0.15, 0.2) is 29.1 Å². The monoisotopic (exact) mass is 426 g/mol. The summed E-state index contributed by atoms with van der Waals surface area (Å²) in [6, 6.07) is 4.84. The minimum Gasteiger partial charge on any atom is -0.383 e. The maximum Gasteiger partial charge on any atom is 0.417 e. The van der Waals surface area contributed by atoms with Gasteiger partial charge in [-0.2, -0.15) is 18.3 Å². The van der Waals surface area contributed by atoms with Crippen LogP contribution >= 0.6 is 0 Å². The number of benzene rings is 1. The van der Waals surface area contributed by atoms with Crippen LogP contribution in [0, 0.1) is 0 Å². The average Bonchev–Trinajstić information content (AvgIpc) is 3.06. The number of methoxy groups -OCH3 is 1. The number of rotatable bonds is 6. The molecule has 0 aliphatic carbocycles. The molecule has 1 aromatic carbocycles. The molecule has 1 saturated heterocycles. The second-order valence-electron chi connectivity index (χ2n) is 7.21. The smallest absolute Gasteiger partial charge is 0.383 e. The lowest BCUT2D eigenvalue weighted by Gasteiger charge is -2.32. The summed E-state index contributed by atoms with van der Waals surface area (Å²) in [4.78, 5) is 26.7. The molecular formula is C20H25F3N4O3. The number of alkyl halides is 3. The lowest BCUT2D eigenvalue weighted by atomic mass is 9.95. The predicted octanol–water partition coefficient (Wildman–Crippen LogP) is 2.75. The van der Waals surface area contributed by atoms with Crippen molar-refractivity contribution in [2.45, 2.75) is 44.9 Å². The first-order valence-electron chi connectivity index (χ1n) is 9.89. The number of carbonyl (C=O) groups is 1. The van der Waals surface area contributed by atoms with E-state index in [0.29, 0.717) is 51.5 Å². The largest absolute Gasteiger partial charge is 0.417 e. The zero-order valence-electron chi connectivity index (χ0n) is 17.0. The number of piperidine rings is 1. The molecular weight excluding hydrogens is 401 g/mol. The van der Waals surface area contributed by atoms with E-state index in [1.165, 1.54) is 27.8 Å². The highest BCUT2D eigenvalue weighted by atomic mass is 19.4. The van der Waals surface area contributed by atoms with Gasteiger partial charge in [-0.05, 0) is 31.9 Å². The molecule has 0 atom stereocenters. The average molecular weight is 426 g/mol. The Morgan fingerprint density at radius 1 is 1.23 bits per heavy atom. The third-order valence-electron chi connectivity index (χ3n) is 5.39. The first-order valence-corrected chi connectivity index (χ1v) is 9.89. The summed E-state index contributed by atoms with van der Waals surface area (Å²) in [6.07, 6.45) is -3.53. The topological polar surface area (TPSA) is 69.4 Å². The molecule has 10 heteroatoms. The Morgan fingerprint density at radius 2 is 1.90 bits per heavy atom. The Morgan fingerprint density at radius 3 is 2.50 bits per heavy atom. The van der Waals surface area contributed by atoms with Crippen molar-refractivity contribution in [1.29, 1.82) is 0 Å². The summed E-state index contributed by atoms with van der Waals surface area (Å²) in [6.45, 7) is 3.66. The Hall–Kier alpha value is -2.62. The summed E-state index contributed by atoms with van der Waals surface area (Å²) >= 11 is 0. The fraction of sp³-hybridized carbons (Fsp3) is 0.550. The summed E-state index contributed by atoms with van der Waals surface area (Å²) in [5, 5.41) is 4.45. The van der Waals surface area contributed by atoms with Gasteiger partial charge in [0.1, 0.15) is 5.82 Å². The molecule has 0 bridgehead atoms. The Labute approximate surface area is 172 Å². The van der Waals surface area contributed by atoms with Crippen LogP contribution in [0.5, 0.6) is 0 Å². The number of hydrogen-bond donors (Lipinski definition) is 0. The molecule has 2 heterocycles. The molecule has 0 radical (unpaired) electrons. The molecule has 0 N–H and O–H groups in total. The third-order valence-corrected chi connectivity index (χ3v) is 5.39. The standard InChI is InChI=1S/C20H25F3N4O3/c1-3-26-17(24-27(19(26)29)12-13-30-2)14-8-10-25(11-9-14)18(28)15-6-4-5-7-16(15)20(21,22)23/h4-7,14H,3,8-13H2,1-2H3. The first kappa shape index (κ1) is 22.1. The molecule has 2 aromatic rings. The molecule has 164 valence electrons. The van der Waals surface area contributed by atoms with Gasteiger partial charge in [-0.1, -0.05) is 12.1 Å². The van der Waals surface area contributed by atoms with Gasteiger partial charge in [0.15, 0.2) is 0 Å². The van der Waals surface area contributed by atoms with Crippen molar-refractivity contribution < 1.29 is 22.7 Å². The van der Waals surface area contributed by atoms with E-state index in [1.54, 1.807) is 11.7 Å². The summed E-state index contributed by atoms with van der Waals surface area (Å²) in [5.41, 5.74) is -1.46. The number of ether oxygens (including phenoxy) is 1.